The fourth-order valence-electron chi connectivity index (χ4n) is 2.09. The zero-order valence-corrected chi connectivity index (χ0v) is 12.2. The molecule has 17 heavy (non-hydrogen) atoms. The van der Waals surface area contributed by atoms with Crippen molar-refractivity contribution in [2.24, 2.45) is 0 Å². The van der Waals surface area contributed by atoms with E-state index >= 15 is 0 Å². The summed E-state index contributed by atoms with van der Waals surface area (Å²) in [5.74, 6) is 1.51. The van der Waals surface area contributed by atoms with Crippen molar-refractivity contribution in [2.75, 3.05) is 18.1 Å². The minimum absolute atomic E-state index is 0.659. The summed E-state index contributed by atoms with van der Waals surface area (Å²) < 4.78 is 13.6. The van der Waals surface area contributed by atoms with Crippen LogP contribution in [0.25, 0.3) is 0 Å². The molecule has 0 amide bonds. The zero-order chi connectivity index (χ0) is 12.8. The predicted octanol–water partition coefficient (Wildman–Crippen LogP) is 1.98. The van der Waals surface area contributed by atoms with Crippen LogP contribution < -0.4 is 5.32 Å². The van der Waals surface area contributed by atoms with Gasteiger partial charge < -0.3 is 9.88 Å². The average molecular weight is 256 g/mol. The van der Waals surface area contributed by atoms with Crippen molar-refractivity contribution in [3.63, 3.8) is 0 Å². The van der Waals surface area contributed by atoms with E-state index in [-0.39, 0.29) is 0 Å². The van der Waals surface area contributed by atoms with Crippen LogP contribution in [0, 0.1) is 13.8 Å². The fourth-order valence-corrected chi connectivity index (χ4v) is 2.75. The molecule has 0 spiro atoms. The van der Waals surface area contributed by atoms with E-state index in [1.807, 2.05) is 6.92 Å². The Kier molecular flexibility index (Phi) is 5.92. The van der Waals surface area contributed by atoms with E-state index in [1.165, 1.54) is 17.0 Å². The molecule has 1 heterocycles. The van der Waals surface area contributed by atoms with Crippen LogP contribution >= 0.6 is 0 Å². The highest BCUT2D eigenvalue weighted by atomic mass is 32.2. The second-order valence-corrected chi connectivity index (χ2v) is 6.12. The van der Waals surface area contributed by atoms with Gasteiger partial charge in [-0.25, -0.2) is 0 Å². The van der Waals surface area contributed by atoms with Gasteiger partial charge in [0.15, 0.2) is 0 Å². The molecule has 0 radical (unpaired) electrons. The molecule has 1 atom stereocenters. The third-order valence-corrected chi connectivity index (χ3v) is 4.44. The smallest absolute Gasteiger partial charge is 0.0360 e. The van der Waals surface area contributed by atoms with Crippen LogP contribution in [0.4, 0.5) is 0 Å². The van der Waals surface area contributed by atoms with Crippen molar-refractivity contribution >= 4 is 10.8 Å². The van der Waals surface area contributed by atoms with Gasteiger partial charge in [-0.2, -0.15) is 0 Å². The van der Waals surface area contributed by atoms with E-state index in [9.17, 15) is 4.21 Å². The second-order valence-electron chi connectivity index (χ2n) is 4.25. The molecule has 0 bridgehead atoms. The Labute approximate surface area is 107 Å². The molecule has 0 saturated heterocycles. The van der Waals surface area contributed by atoms with Gasteiger partial charge in [-0.05, 0) is 32.4 Å². The normalized spacial score (nSPS) is 12.9. The van der Waals surface area contributed by atoms with Crippen molar-refractivity contribution < 1.29 is 4.21 Å². The summed E-state index contributed by atoms with van der Waals surface area (Å²) in [4.78, 5) is 0. The second kappa shape index (κ2) is 6.97. The quantitative estimate of drug-likeness (QED) is 0.757. The molecule has 4 heteroatoms. The van der Waals surface area contributed by atoms with Gasteiger partial charge in [-0.3, -0.25) is 4.21 Å². The molecule has 1 unspecified atom stereocenters. The van der Waals surface area contributed by atoms with E-state index in [0.717, 1.165) is 31.1 Å². The van der Waals surface area contributed by atoms with Gasteiger partial charge in [0.2, 0.25) is 0 Å². The lowest BCUT2D eigenvalue weighted by molar-refractivity contribution is 0.671. The molecular formula is C13H24N2OS. The molecule has 3 nitrogen and oxygen atoms in total. The van der Waals surface area contributed by atoms with Crippen molar-refractivity contribution in [3.05, 3.63) is 23.0 Å². The first-order valence-electron chi connectivity index (χ1n) is 6.31. The summed E-state index contributed by atoms with van der Waals surface area (Å²) in [6, 6.07) is 2.24. The van der Waals surface area contributed by atoms with Crippen LogP contribution in [0.15, 0.2) is 6.07 Å². The Morgan fingerprint density at radius 2 is 2.06 bits per heavy atom. The third kappa shape index (κ3) is 3.96. The maximum absolute atomic E-state index is 11.3. The minimum Gasteiger partial charge on any atom is -0.349 e. The summed E-state index contributed by atoms with van der Waals surface area (Å²) in [5.41, 5.74) is 4.01. The molecule has 0 saturated carbocycles. The molecule has 0 aliphatic carbocycles. The minimum atomic E-state index is -0.659. The number of nitrogens with zero attached hydrogens (tertiary/aromatic N) is 1. The number of aromatic nitrogens is 1. The number of aryl methyl sites for hydroxylation is 1. The summed E-state index contributed by atoms with van der Waals surface area (Å²) in [6.45, 7) is 11.2. The van der Waals surface area contributed by atoms with Crippen LogP contribution in [0.5, 0.6) is 0 Å². The maximum atomic E-state index is 11.3. The van der Waals surface area contributed by atoms with Crippen LogP contribution in [-0.2, 0) is 23.9 Å². The van der Waals surface area contributed by atoms with E-state index < -0.39 is 10.8 Å². The zero-order valence-electron chi connectivity index (χ0n) is 11.4. The average Bonchev–Trinajstić information content (AvgIpc) is 2.59. The first kappa shape index (κ1) is 14.5. The summed E-state index contributed by atoms with van der Waals surface area (Å²) in [5, 5.41) is 3.37. The molecular weight excluding hydrogens is 232 g/mol. The van der Waals surface area contributed by atoms with Gasteiger partial charge in [0.25, 0.3) is 0 Å². The van der Waals surface area contributed by atoms with Crippen LogP contribution in [0.1, 0.15) is 30.8 Å². The standard InChI is InChI=1S/C13H24N2OS/c1-5-15-11(3)9-13(12(15)4)10-14-7-8-17(16)6-2/h9,14H,5-8,10H2,1-4H3. The van der Waals surface area contributed by atoms with Crippen LogP contribution in [0.2, 0.25) is 0 Å². The predicted molar refractivity (Wildman–Crippen MR) is 74.8 cm³/mol. The monoisotopic (exact) mass is 256 g/mol. The molecule has 1 aromatic heterocycles. The van der Waals surface area contributed by atoms with Gasteiger partial charge in [-0.1, -0.05) is 6.92 Å². The molecule has 0 aliphatic heterocycles. The molecule has 0 aliphatic rings. The Balaban J connectivity index is 2.44. The summed E-state index contributed by atoms with van der Waals surface area (Å²) in [6.07, 6.45) is 0. The number of nitrogens with one attached hydrogen (secondary N) is 1. The van der Waals surface area contributed by atoms with E-state index in [4.69, 9.17) is 0 Å². The Hall–Kier alpha value is -0.610. The van der Waals surface area contributed by atoms with Gasteiger partial charge in [0, 0.05) is 53.3 Å². The van der Waals surface area contributed by atoms with Gasteiger partial charge in [0.05, 0.1) is 0 Å². The fraction of sp³-hybridized carbons (Fsp3) is 0.692. The molecule has 1 N–H and O–H groups in total. The molecule has 1 aromatic rings. The molecule has 98 valence electrons. The highest BCUT2D eigenvalue weighted by molar-refractivity contribution is 7.84. The highest BCUT2D eigenvalue weighted by Crippen LogP contribution is 2.14. The van der Waals surface area contributed by atoms with Crippen molar-refractivity contribution in [3.8, 4) is 0 Å². The maximum Gasteiger partial charge on any atom is 0.0360 e. The van der Waals surface area contributed by atoms with Crippen LogP contribution in [-0.4, -0.2) is 26.8 Å². The van der Waals surface area contributed by atoms with Crippen molar-refractivity contribution in [1.29, 1.82) is 0 Å². The van der Waals surface area contributed by atoms with E-state index in [2.05, 4.69) is 36.7 Å². The van der Waals surface area contributed by atoms with Crippen LogP contribution in [0.3, 0.4) is 0 Å². The number of rotatable bonds is 7. The topological polar surface area (TPSA) is 34.0 Å². The lowest BCUT2D eigenvalue weighted by Gasteiger charge is -2.07. The van der Waals surface area contributed by atoms with E-state index in [0.29, 0.717) is 0 Å². The van der Waals surface area contributed by atoms with E-state index in [1.54, 1.807) is 0 Å². The third-order valence-electron chi connectivity index (χ3n) is 3.14. The molecule has 0 aromatic carbocycles. The van der Waals surface area contributed by atoms with Gasteiger partial charge >= 0.3 is 0 Å². The van der Waals surface area contributed by atoms with Gasteiger partial charge in [-0.15, -0.1) is 0 Å². The lowest BCUT2D eigenvalue weighted by atomic mass is 10.2. The van der Waals surface area contributed by atoms with Crippen molar-refractivity contribution in [2.45, 2.75) is 40.8 Å². The van der Waals surface area contributed by atoms with Gasteiger partial charge in [0.1, 0.15) is 0 Å². The highest BCUT2D eigenvalue weighted by Gasteiger charge is 2.06. The summed E-state index contributed by atoms with van der Waals surface area (Å²) >= 11 is 0. The first-order chi connectivity index (χ1) is 8.10. The first-order valence-corrected chi connectivity index (χ1v) is 7.80. The SMILES string of the molecule is CCn1c(C)cc(CNCCS(=O)CC)c1C. The Morgan fingerprint density at radius 3 is 2.59 bits per heavy atom. The number of hydrogen-bond acceptors (Lipinski definition) is 2. The number of hydrogen-bond donors (Lipinski definition) is 1. The molecule has 0 fully saturated rings. The summed E-state index contributed by atoms with van der Waals surface area (Å²) in [7, 11) is -0.659. The Morgan fingerprint density at radius 1 is 1.35 bits per heavy atom. The largest absolute Gasteiger partial charge is 0.349 e. The molecule has 1 rings (SSSR count). The lowest BCUT2D eigenvalue weighted by Crippen LogP contribution is -2.20. The van der Waals surface area contributed by atoms with Crippen molar-refractivity contribution in [1.82, 2.24) is 9.88 Å². The Bertz CT molecular complexity index is 385.